The minimum Gasteiger partial charge on any atom is -0.0622 e. The summed E-state index contributed by atoms with van der Waals surface area (Å²) in [4.78, 5) is 0. The van der Waals surface area contributed by atoms with Gasteiger partial charge in [-0.1, -0.05) is 66.2 Å². The molecule has 0 nitrogen and oxygen atoms in total. The van der Waals surface area contributed by atoms with Crippen molar-refractivity contribution in [2.45, 2.75) is 31.6 Å². The second-order valence-electron chi connectivity index (χ2n) is 6.09. The summed E-state index contributed by atoms with van der Waals surface area (Å²) < 4.78 is 0. The highest BCUT2D eigenvalue weighted by Crippen LogP contribution is 2.55. The van der Waals surface area contributed by atoms with E-state index in [4.69, 9.17) is 0 Å². The highest BCUT2D eigenvalue weighted by atomic mass is 14.4. The van der Waals surface area contributed by atoms with Crippen molar-refractivity contribution in [3.05, 3.63) is 77.4 Å². The van der Waals surface area contributed by atoms with Crippen molar-refractivity contribution >= 4 is 5.57 Å². The van der Waals surface area contributed by atoms with Crippen LogP contribution < -0.4 is 0 Å². The van der Waals surface area contributed by atoms with Crippen LogP contribution in [0.2, 0.25) is 0 Å². The molecule has 100 valence electrons. The maximum atomic E-state index is 2.30. The average Bonchev–Trinajstić information content (AvgIpc) is 2.50. The van der Waals surface area contributed by atoms with Gasteiger partial charge in [-0.3, -0.25) is 0 Å². The van der Waals surface area contributed by atoms with Crippen molar-refractivity contribution in [3.8, 4) is 0 Å². The van der Waals surface area contributed by atoms with E-state index < -0.39 is 0 Å². The van der Waals surface area contributed by atoms with E-state index in [0.717, 1.165) is 11.8 Å². The van der Waals surface area contributed by atoms with Gasteiger partial charge in [0.15, 0.2) is 0 Å². The molecular weight excluding hydrogens is 240 g/mol. The van der Waals surface area contributed by atoms with Gasteiger partial charge in [-0.15, -0.1) is 0 Å². The molecule has 0 saturated heterocycles. The van der Waals surface area contributed by atoms with E-state index in [1.54, 1.807) is 11.1 Å². The van der Waals surface area contributed by atoms with Gasteiger partial charge in [-0.2, -0.15) is 0 Å². The number of allylic oxidation sites excluding steroid dienone is 2. The van der Waals surface area contributed by atoms with Gasteiger partial charge < -0.3 is 0 Å². The van der Waals surface area contributed by atoms with Crippen LogP contribution in [-0.2, 0) is 0 Å². The molecule has 2 aromatic carbocycles. The third-order valence-corrected chi connectivity index (χ3v) is 5.05. The molecule has 0 radical (unpaired) electrons. The minimum absolute atomic E-state index is 0.769. The van der Waals surface area contributed by atoms with Crippen LogP contribution in [0.25, 0.3) is 5.57 Å². The summed E-state index contributed by atoms with van der Waals surface area (Å²) in [6.45, 7) is 0. The van der Waals surface area contributed by atoms with Crippen molar-refractivity contribution in [3.63, 3.8) is 0 Å². The van der Waals surface area contributed by atoms with Gasteiger partial charge in [0.05, 0.1) is 0 Å². The molecule has 20 heavy (non-hydrogen) atoms. The van der Waals surface area contributed by atoms with Crippen molar-refractivity contribution in [1.29, 1.82) is 0 Å². The van der Waals surface area contributed by atoms with Gasteiger partial charge in [-0.05, 0) is 54.2 Å². The lowest BCUT2D eigenvalue weighted by Crippen LogP contribution is -2.30. The van der Waals surface area contributed by atoms with Crippen LogP contribution in [0.15, 0.2) is 66.2 Å². The number of rotatable bonds is 2. The summed E-state index contributed by atoms with van der Waals surface area (Å²) in [5, 5.41) is 0. The molecule has 2 aliphatic rings. The van der Waals surface area contributed by atoms with E-state index >= 15 is 0 Å². The average molecular weight is 260 g/mol. The fraction of sp³-hybridized carbons (Fsp3) is 0.300. The van der Waals surface area contributed by atoms with Crippen LogP contribution in [0, 0.1) is 5.92 Å². The summed E-state index contributed by atoms with van der Waals surface area (Å²) in [6.07, 6.45) is 5.28. The summed E-state index contributed by atoms with van der Waals surface area (Å²) in [5.41, 5.74) is 6.39. The predicted octanol–water partition coefficient (Wildman–Crippen LogP) is 5.43. The van der Waals surface area contributed by atoms with Gasteiger partial charge in [0.25, 0.3) is 0 Å². The lowest BCUT2D eigenvalue weighted by atomic mass is 9.59. The summed E-state index contributed by atoms with van der Waals surface area (Å²) in [6, 6.07) is 22.1. The molecule has 1 fully saturated rings. The molecule has 0 heterocycles. The fourth-order valence-electron chi connectivity index (χ4n) is 4.01. The minimum atomic E-state index is 0.769. The molecule has 0 N–H and O–H groups in total. The van der Waals surface area contributed by atoms with Gasteiger partial charge in [0.2, 0.25) is 0 Å². The predicted molar refractivity (Wildman–Crippen MR) is 84.5 cm³/mol. The lowest BCUT2D eigenvalue weighted by Gasteiger charge is -2.45. The van der Waals surface area contributed by atoms with Gasteiger partial charge in [0, 0.05) is 0 Å². The third-order valence-electron chi connectivity index (χ3n) is 5.05. The third kappa shape index (κ3) is 1.91. The van der Waals surface area contributed by atoms with E-state index in [9.17, 15) is 0 Å². The molecule has 0 spiro atoms. The molecule has 0 bridgehead atoms. The second kappa shape index (κ2) is 4.94. The second-order valence-corrected chi connectivity index (χ2v) is 6.09. The van der Waals surface area contributed by atoms with Crippen LogP contribution in [0.5, 0.6) is 0 Å². The molecule has 0 unspecified atom stereocenters. The van der Waals surface area contributed by atoms with Crippen LogP contribution in [0.3, 0.4) is 0 Å². The van der Waals surface area contributed by atoms with Crippen LogP contribution in [0.1, 0.15) is 42.7 Å². The first kappa shape index (κ1) is 12.0. The van der Waals surface area contributed by atoms with E-state index in [1.165, 1.54) is 36.8 Å². The molecule has 4 rings (SSSR count). The molecule has 2 atom stereocenters. The first-order valence-corrected chi connectivity index (χ1v) is 7.76. The lowest BCUT2D eigenvalue weighted by molar-refractivity contribution is 0.328. The van der Waals surface area contributed by atoms with Gasteiger partial charge in [-0.25, -0.2) is 0 Å². The van der Waals surface area contributed by atoms with E-state index in [1.807, 2.05) is 0 Å². The Morgan fingerprint density at radius 3 is 2.20 bits per heavy atom. The number of fused-ring (bicyclic) bond motifs is 1. The summed E-state index contributed by atoms with van der Waals surface area (Å²) in [5.74, 6) is 1.58. The fourth-order valence-corrected chi connectivity index (χ4v) is 4.01. The molecule has 0 heteroatoms. The van der Waals surface area contributed by atoms with E-state index in [2.05, 4.69) is 60.7 Å². The van der Waals surface area contributed by atoms with Gasteiger partial charge >= 0.3 is 0 Å². The highest BCUT2D eigenvalue weighted by molar-refractivity contribution is 5.72. The number of benzene rings is 2. The van der Waals surface area contributed by atoms with Crippen LogP contribution in [-0.4, -0.2) is 0 Å². The Morgan fingerprint density at radius 1 is 0.750 bits per heavy atom. The molecule has 2 aliphatic carbocycles. The van der Waals surface area contributed by atoms with Crippen molar-refractivity contribution in [2.24, 2.45) is 5.92 Å². The van der Waals surface area contributed by atoms with Crippen molar-refractivity contribution in [1.82, 2.24) is 0 Å². The summed E-state index contributed by atoms with van der Waals surface area (Å²) >= 11 is 0. The quantitative estimate of drug-likeness (QED) is 0.675. The Kier molecular flexibility index (Phi) is 2.95. The smallest absolute Gasteiger partial charge is 0.00586 e. The molecule has 0 amide bonds. The maximum absolute atomic E-state index is 2.30. The largest absolute Gasteiger partial charge is 0.0622 e. The van der Waals surface area contributed by atoms with Crippen molar-refractivity contribution < 1.29 is 0 Å². The first-order chi connectivity index (χ1) is 9.93. The number of hydrogen-bond donors (Lipinski definition) is 0. The van der Waals surface area contributed by atoms with Crippen molar-refractivity contribution in [2.75, 3.05) is 0 Å². The Morgan fingerprint density at radius 2 is 1.45 bits per heavy atom. The topological polar surface area (TPSA) is 0 Å². The summed E-state index contributed by atoms with van der Waals surface area (Å²) in [7, 11) is 0. The normalized spacial score (nSPS) is 25.0. The maximum Gasteiger partial charge on any atom is -0.00586 e. The number of hydrogen-bond acceptors (Lipinski definition) is 0. The molecule has 0 aliphatic heterocycles. The molecular formula is C20H20. The van der Waals surface area contributed by atoms with Crippen LogP contribution >= 0.6 is 0 Å². The Hall–Kier alpha value is -1.82. The van der Waals surface area contributed by atoms with Gasteiger partial charge in [0.1, 0.15) is 0 Å². The van der Waals surface area contributed by atoms with E-state index in [0.29, 0.717) is 0 Å². The monoisotopic (exact) mass is 260 g/mol. The molecule has 1 saturated carbocycles. The Balaban J connectivity index is 1.66. The van der Waals surface area contributed by atoms with E-state index in [-0.39, 0.29) is 0 Å². The SMILES string of the molecule is c1ccc(C2=C3C[C@@H](c4ccccc4)[C@H]3CCC2)cc1. The zero-order valence-corrected chi connectivity index (χ0v) is 11.8. The standard InChI is InChI=1S/C20H20/c1-3-8-15(9-4-1)17-12-7-13-18-19(14-20(17)18)16-10-5-2-6-11-16/h1-6,8-11,18-19H,7,12-14H2/t18-,19+/m1/s1. The highest BCUT2D eigenvalue weighted by Gasteiger charge is 2.40. The molecule has 0 aromatic heterocycles. The zero-order valence-electron chi connectivity index (χ0n) is 11.8. The first-order valence-electron chi connectivity index (χ1n) is 7.76. The molecule has 2 aromatic rings. The Labute approximate surface area is 121 Å². The van der Waals surface area contributed by atoms with Crippen LogP contribution in [0.4, 0.5) is 0 Å². The zero-order chi connectivity index (χ0) is 13.4. The Bertz CT molecular complexity index is 622.